The van der Waals surface area contributed by atoms with E-state index in [0.29, 0.717) is 0 Å². The van der Waals surface area contributed by atoms with Gasteiger partial charge in [-0.15, -0.1) is 0 Å². The number of carbonyl (C=O) groups is 1. The fourth-order valence-corrected chi connectivity index (χ4v) is 2.90. The van der Waals surface area contributed by atoms with Gasteiger partial charge in [-0.3, -0.25) is 4.79 Å². The first-order chi connectivity index (χ1) is 8.61. The van der Waals surface area contributed by atoms with E-state index in [-0.39, 0.29) is 5.41 Å². The summed E-state index contributed by atoms with van der Waals surface area (Å²) in [6, 6.07) is 12.3. The molecule has 92 valence electrons. The summed E-state index contributed by atoms with van der Waals surface area (Å²) in [5.74, 6) is 0. The smallest absolute Gasteiger partial charge is 0.167 e. The molecule has 0 N–H and O–H groups in total. The van der Waals surface area contributed by atoms with Gasteiger partial charge in [0, 0.05) is 17.8 Å². The van der Waals surface area contributed by atoms with Crippen molar-refractivity contribution in [2.75, 3.05) is 0 Å². The molecular weight excluding hydrogens is 222 g/mol. The van der Waals surface area contributed by atoms with E-state index in [2.05, 4.69) is 36.6 Å². The van der Waals surface area contributed by atoms with Crippen LogP contribution in [0.25, 0.3) is 11.1 Å². The van der Waals surface area contributed by atoms with E-state index >= 15 is 0 Å². The van der Waals surface area contributed by atoms with Crippen LogP contribution in [0.3, 0.4) is 0 Å². The Labute approximate surface area is 107 Å². The predicted octanol–water partition coefficient (Wildman–Crippen LogP) is 3.55. The Balaban J connectivity index is 2.13. The maximum absolute atomic E-state index is 11.4. The van der Waals surface area contributed by atoms with Gasteiger partial charge in [0.2, 0.25) is 0 Å². The van der Waals surface area contributed by atoms with Crippen LogP contribution in [0.15, 0.2) is 36.4 Å². The Hall–Kier alpha value is -1.83. The average molecular weight is 239 g/mol. The molecular formula is C16H17NO. The average Bonchev–Trinajstić information content (AvgIpc) is 2.81. The van der Waals surface area contributed by atoms with E-state index in [9.17, 15) is 4.79 Å². The van der Waals surface area contributed by atoms with E-state index in [0.717, 1.165) is 36.1 Å². The first kappa shape index (κ1) is 11.3. The summed E-state index contributed by atoms with van der Waals surface area (Å²) in [4.78, 5) is 11.4. The molecule has 0 saturated heterocycles. The number of benzene rings is 1. The highest BCUT2D eigenvalue weighted by Crippen LogP contribution is 2.37. The van der Waals surface area contributed by atoms with E-state index in [1.54, 1.807) is 0 Å². The molecule has 0 amide bonds. The van der Waals surface area contributed by atoms with Gasteiger partial charge >= 0.3 is 0 Å². The first-order valence-corrected chi connectivity index (χ1v) is 6.34. The zero-order chi connectivity index (χ0) is 12.8. The third-order valence-electron chi connectivity index (χ3n) is 3.67. The maximum atomic E-state index is 11.4. The van der Waals surface area contributed by atoms with Crippen LogP contribution in [0, 0.1) is 5.41 Å². The molecule has 2 nitrogen and oxygen atoms in total. The van der Waals surface area contributed by atoms with Crippen molar-refractivity contribution in [3.8, 4) is 11.1 Å². The largest absolute Gasteiger partial charge is 0.341 e. The lowest BCUT2D eigenvalue weighted by molar-refractivity contribution is 0.111. The molecule has 2 heterocycles. The molecule has 0 unspecified atom stereocenters. The lowest BCUT2D eigenvalue weighted by Gasteiger charge is -2.16. The molecule has 1 aromatic carbocycles. The van der Waals surface area contributed by atoms with Crippen LogP contribution in [0.1, 0.15) is 30.0 Å². The molecule has 1 aromatic heterocycles. The first-order valence-electron chi connectivity index (χ1n) is 6.34. The van der Waals surface area contributed by atoms with Gasteiger partial charge in [-0.05, 0) is 23.5 Å². The van der Waals surface area contributed by atoms with E-state index in [1.807, 2.05) is 18.2 Å². The summed E-state index contributed by atoms with van der Waals surface area (Å²) in [5, 5.41) is 0. The Morgan fingerprint density at radius 2 is 1.94 bits per heavy atom. The van der Waals surface area contributed by atoms with Crippen LogP contribution in [0.4, 0.5) is 0 Å². The zero-order valence-corrected chi connectivity index (χ0v) is 10.8. The summed E-state index contributed by atoms with van der Waals surface area (Å²) in [6.07, 6.45) is 2.04. The molecule has 1 aliphatic heterocycles. The van der Waals surface area contributed by atoms with Crippen LogP contribution in [-0.4, -0.2) is 10.9 Å². The van der Waals surface area contributed by atoms with Crippen LogP contribution in [-0.2, 0) is 13.0 Å². The Morgan fingerprint density at radius 1 is 1.22 bits per heavy atom. The lowest BCUT2D eigenvalue weighted by atomic mass is 9.90. The number of rotatable bonds is 2. The molecule has 0 aliphatic carbocycles. The van der Waals surface area contributed by atoms with Gasteiger partial charge in [-0.2, -0.15) is 0 Å². The molecule has 0 atom stereocenters. The standard InChI is InChI=1S/C16H17NO/c1-16(2)9-13-8-14(12-6-4-3-5-7-12)15(10-18)17(13)11-16/h3-8,10H,9,11H2,1-2H3. The normalized spacial score (nSPS) is 16.6. The number of fused-ring (bicyclic) bond motifs is 1. The zero-order valence-electron chi connectivity index (χ0n) is 10.8. The number of aldehydes is 1. The molecule has 0 bridgehead atoms. The van der Waals surface area contributed by atoms with Crippen molar-refractivity contribution in [2.45, 2.75) is 26.8 Å². The second-order valence-corrected chi connectivity index (χ2v) is 5.85. The van der Waals surface area contributed by atoms with Crippen molar-refractivity contribution in [2.24, 2.45) is 5.41 Å². The summed E-state index contributed by atoms with van der Waals surface area (Å²) in [5.41, 5.74) is 4.56. The quantitative estimate of drug-likeness (QED) is 0.734. The summed E-state index contributed by atoms with van der Waals surface area (Å²) >= 11 is 0. The van der Waals surface area contributed by atoms with Crippen LogP contribution < -0.4 is 0 Å². The minimum absolute atomic E-state index is 0.266. The van der Waals surface area contributed by atoms with Crippen LogP contribution >= 0.6 is 0 Å². The van der Waals surface area contributed by atoms with Crippen LogP contribution in [0.5, 0.6) is 0 Å². The van der Waals surface area contributed by atoms with E-state index in [1.165, 1.54) is 5.69 Å². The molecule has 0 fully saturated rings. The number of hydrogen-bond donors (Lipinski definition) is 0. The summed E-state index contributed by atoms with van der Waals surface area (Å²) in [7, 11) is 0. The van der Waals surface area contributed by atoms with Crippen molar-refractivity contribution in [1.82, 2.24) is 4.57 Å². The van der Waals surface area contributed by atoms with Crippen molar-refractivity contribution in [1.29, 1.82) is 0 Å². The van der Waals surface area contributed by atoms with Gasteiger partial charge < -0.3 is 4.57 Å². The van der Waals surface area contributed by atoms with Crippen molar-refractivity contribution >= 4 is 6.29 Å². The van der Waals surface area contributed by atoms with E-state index < -0.39 is 0 Å². The van der Waals surface area contributed by atoms with Gasteiger partial charge in [0.25, 0.3) is 0 Å². The third kappa shape index (κ3) is 1.69. The second kappa shape index (κ2) is 3.84. The highest BCUT2D eigenvalue weighted by Gasteiger charge is 2.31. The number of hydrogen-bond acceptors (Lipinski definition) is 1. The van der Waals surface area contributed by atoms with Gasteiger partial charge in [0.05, 0.1) is 5.69 Å². The minimum atomic E-state index is 0.266. The third-order valence-corrected chi connectivity index (χ3v) is 3.67. The number of carbonyl (C=O) groups excluding carboxylic acids is 1. The monoisotopic (exact) mass is 239 g/mol. The number of aromatic nitrogens is 1. The molecule has 18 heavy (non-hydrogen) atoms. The van der Waals surface area contributed by atoms with Gasteiger partial charge in [0.15, 0.2) is 6.29 Å². The fraction of sp³-hybridized carbons (Fsp3) is 0.312. The van der Waals surface area contributed by atoms with Crippen molar-refractivity contribution in [3.05, 3.63) is 47.8 Å². The Morgan fingerprint density at radius 3 is 2.61 bits per heavy atom. The fourth-order valence-electron chi connectivity index (χ4n) is 2.90. The molecule has 0 radical (unpaired) electrons. The second-order valence-electron chi connectivity index (χ2n) is 5.85. The predicted molar refractivity (Wildman–Crippen MR) is 72.7 cm³/mol. The number of nitrogens with zero attached hydrogens (tertiary/aromatic N) is 1. The maximum Gasteiger partial charge on any atom is 0.167 e. The molecule has 0 saturated carbocycles. The van der Waals surface area contributed by atoms with Crippen molar-refractivity contribution in [3.63, 3.8) is 0 Å². The van der Waals surface area contributed by atoms with Gasteiger partial charge in [-0.25, -0.2) is 0 Å². The Bertz CT molecular complexity index is 593. The van der Waals surface area contributed by atoms with Gasteiger partial charge in [-0.1, -0.05) is 44.2 Å². The topological polar surface area (TPSA) is 22.0 Å². The molecule has 1 aliphatic rings. The highest BCUT2D eigenvalue weighted by atomic mass is 16.1. The molecule has 0 spiro atoms. The molecule has 2 heteroatoms. The van der Waals surface area contributed by atoms with E-state index in [4.69, 9.17) is 0 Å². The van der Waals surface area contributed by atoms with Crippen LogP contribution in [0.2, 0.25) is 0 Å². The van der Waals surface area contributed by atoms with Crippen molar-refractivity contribution < 1.29 is 4.79 Å². The summed E-state index contributed by atoms with van der Waals surface area (Å²) in [6.45, 7) is 5.43. The summed E-state index contributed by atoms with van der Waals surface area (Å²) < 4.78 is 2.18. The molecule has 3 rings (SSSR count). The lowest BCUT2D eigenvalue weighted by Crippen LogP contribution is -2.13. The highest BCUT2D eigenvalue weighted by molar-refractivity contribution is 5.86. The SMILES string of the molecule is CC1(C)Cc2cc(-c3ccccc3)c(C=O)n2C1. The molecule has 2 aromatic rings. The Kier molecular flexibility index (Phi) is 2.40. The van der Waals surface area contributed by atoms with Gasteiger partial charge in [0.1, 0.15) is 0 Å². The minimum Gasteiger partial charge on any atom is -0.341 e.